The largest absolute Gasteiger partial charge is 0.309 e. The third-order valence-electron chi connectivity index (χ3n) is 11.9. The number of thiophene rings is 1. The molecule has 0 unspecified atom stereocenters. The minimum Gasteiger partial charge on any atom is -0.309 e. The first-order valence-corrected chi connectivity index (χ1v) is 20.2. The molecule has 0 spiro atoms. The Morgan fingerprint density at radius 1 is 0.386 bits per heavy atom. The third kappa shape index (κ3) is 4.32. The maximum atomic E-state index is 5.52. The summed E-state index contributed by atoms with van der Waals surface area (Å²) >= 11 is 1.81. The van der Waals surface area contributed by atoms with Crippen LogP contribution in [0.15, 0.2) is 182 Å². The molecule has 4 heterocycles. The topological polar surface area (TPSA) is 35.6 Å². The van der Waals surface area contributed by atoms with Gasteiger partial charge in [0.15, 0.2) is 5.82 Å². The van der Waals surface area contributed by atoms with E-state index in [1.54, 1.807) is 0 Å². The molecule has 4 nitrogen and oxygen atoms in total. The van der Waals surface area contributed by atoms with E-state index >= 15 is 0 Å². The average Bonchev–Trinajstić information content (AvgIpc) is 3.93. The molecule has 264 valence electrons. The Labute approximate surface area is 330 Å². The van der Waals surface area contributed by atoms with Crippen LogP contribution in [0.4, 0.5) is 0 Å². The molecule has 0 amide bonds. The van der Waals surface area contributed by atoms with Crippen molar-refractivity contribution >= 4 is 108 Å². The first kappa shape index (κ1) is 30.9. The number of fused-ring (bicyclic) bond motifs is 13. The minimum absolute atomic E-state index is 0.730. The number of para-hydroxylation sites is 3. The average molecular weight is 743 g/mol. The summed E-state index contributed by atoms with van der Waals surface area (Å²) in [5.41, 5.74) is 7.77. The molecule has 0 radical (unpaired) electrons. The summed E-state index contributed by atoms with van der Waals surface area (Å²) in [5.74, 6) is 1.61. The summed E-state index contributed by atoms with van der Waals surface area (Å²) in [5, 5.41) is 13.3. The lowest BCUT2D eigenvalue weighted by molar-refractivity contribution is 1.08. The van der Waals surface area contributed by atoms with E-state index < -0.39 is 0 Å². The first-order valence-electron chi connectivity index (χ1n) is 19.3. The SMILES string of the molecule is c1cc(-n2c3ccccc3c3c4ccccc4ccc32)c2cc3c4ccccc4n(-c4nc(-c5cccc6c5sc5ccccc56)nc5ccccc45)c3cc2c1. The van der Waals surface area contributed by atoms with Crippen molar-refractivity contribution in [3.05, 3.63) is 182 Å². The second-order valence-corrected chi connectivity index (χ2v) is 16.0. The third-order valence-corrected chi connectivity index (χ3v) is 13.1. The van der Waals surface area contributed by atoms with Gasteiger partial charge in [-0.25, -0.2) is 9.97 Å². The lowest BCUT2D eigenvalue weighted by atomic mass is 10.0. The highest BCUT2D eigenvalue weighted by Gasteiger charge is 2.22. The summed E-state index contributed by atoms with van der Waals surface area (Å²) in [6.07, 6.45) is 0. The fourth-order valence-electron chi connectivity index (χ4n) is 9.42. The quantitative estimate of drug-likeness (QED) is 0.181. The maximum absolute atomic E-state index is 5.52. The number of hydrogen-bond acceptors (Lipinski definition) is 3. The van der Waals surface area contributed by atoms with Gasteiger partial charge in [-0.1, -0.05) is 121 Å². The van der Waals surface area contributed by atoms with Gasteiger partial charge in [0.25, 0.3) is 0 Å². The van der Waals surface area contributed by atoms with E-state index in [9.17, 15) is 0 Å². The van der Waals surface area contributed by atoms with Crippen molar-refractivity contribution in [2.75, 3.05) is 0 Å². The Morgan fingerprint density at radius 3 is 1.96 bits per heavy atom. The van der Waals surface area contributed by atoms with E-state index in [1.165, 1.54) is 80.0 Å². The molecule has 0 bridgehead atoms. The molecule has 0 fully saturated rings. The van der Waals surface area contributed by atoms with Gasteiger partial charge < -0.3 is 4.57 Å². The van der Waals surface area contributed by atoms with Crippen molar-refractivity contribution in [3.8, 4) is 22.9 Å². The van der Waals surface area contributed by atoms with Crippen LogP contribution < -0.4 is 0 Å². The summed E-state index contributed by atoms with van der Waals surface area (Å²) in [6, 6.07) is 65.9. The summed E-state index contributed by atoms with van der Waals surface area (Å²) in [6.45, 7) is 0. The molecule has 0 saturated heterocycles. The van der Waals surface area contributed by atoms with Crippen LogP contribution in [0.5, 0.6) is 0 Å². The zero-order valence-corrected chi connectivity index (χ0v) is 31.3. The molecular formula is C52H30N4S. The fourth-order valence-corrected chi connectivity index (χ4v) is 10.6. The van der Waals surface area contributed by atoms with E-state index in [-0.39, 0.29) is 0 Å². The molecule has 0 N–H and O–H groups in total. The van der Waals surface area contributed by atoms with Gasteiger partial charge in [-0.05, 0) is 76.8 Å². The van der Waals surface area contributed by atoms with Crippen molar-refractivity contribution in [1.29, 1.82) is 0 Å². The van der Waals surface area contributed by atoms with Gasteiger partial charge in [0.1, 0.15) is 5.82 Å². The van der Waals surface area contributed by atoms with Crippen LogP contribution in [0.3, 0.4) is 0 Å². The zero-order valence-electron chi connectivity index (χ0n) is 30.5. The van der Waals surface area contributed by atoms with Crippen LogP contribution in [0, 0.1) is 0 Å². The van der Waals surface area contributed by atoms with Gasteiger partial charge in [0, 0.05) is 58.1 Å². The number of hydrogen-bond donors (Lipinski definition) is 0. The van der Waals surface area contributed by atoms with Crippen LogP contribution in [-0.2, 0) is 0 Å². The summed E-state index contributed by atoms with van der Waals surface area (Å²) in [4.78, 5) is 10.8. The molecule has 5 heteroatoms. The molecule has 13 aromatic rings. The minimum atomic E-state index is 0.730. The Bertz CT molecular complexity index is 3830. The number of aromatic nitrogens is 4. The van der Waals surface area contributed by atoms with Crippen molar-refractivity contribution in [3.63, 3.8) is 0 Å². The van der Waals surface area contributed by atoms with E-state index in [2.05, 4.69) is 191 Å². The molecular weight excluding hydrogens is 713 g/mol. The fraction of sp³-hybridized carbons (Fsp3) is 0. The van der Waals surface area contributed by atoms with Crippen LogP contribution in [-0.4, -0.2) is 19.1 Å². The van der Waals surface area contributed by atoms with Crippen molar-refractivity contribution < 1.29 is 0 Å². The molecule has 13 rings (SSSR count). The molecule has 57 heavy (non-hydrogen) atoms. The van der Waals surface area contributed by atoms with Gasteiger partial charge >= 0.3 is 0 Å². The Morgan fingerprint density at radius 2 is 1.07 bits per heavy atom. The lowest BCUT2D eigenvalue weighted by Gasteiger charge is -2.14. The van der Waals surface area contributed by atoms with Gasteiger partial charge in [-0.2, -0.15) is 0 Å². The lowest BCUT2D eigenvalue weighted by Crippen LogP contribution is -2.03. The van der Waals surface area contributed by atoms with Gasteiger partial charge in [0.05, 0.1) is 33.3 Å². The van der Waals surface area contributed by atoms with Crippen LogP contribution in [0.2, 0.25) is 0 Å². The van der Waals surface area contributed by atoms with E-state index in [4.69, 9.17) is 9.97 Å². The van der Waals surface area contributed by atoms with E-state index in [1.807, 2.05) is 11.3 Å². The summed E-state index contributed by atoms with van der Waals surface area (Å²) < 4.78 is 7.30. The highest BCUT2D eigenvalue weighted by atomic mass is 32.1. The molecule has 0 aliphatic rings. The zero-order chi connectivity index (χ0) is 37.2. The van der Waals surface area contributed by atoms with Crippen LogP contribution in [0.1, 0.15) is 0 Å². The normalized spacial score (nSPS) is 12.2. The smallest absolute Gasteiger partial charge is 0.163 e. The predicted molar refractivity (Wildman–Crippen MR) is 242 cm³/mol. The van der Waals surface area contributed by atoms with Gasteiger partial charge in [-0.3, -0.25) is 4.57 Å². The Kier molecular flexibility index (Phi) is 6.29. The molecule has 9 aromatic carbocycles. The maximum Gasteiger partial charge on any atom is 0.163 e. The number of benzene rings is 9. The van der Waals surface area contributed by atoms with Crippen LogP contribution >= 0.6 is 11.3 Å². The van der Waals surface area contributed by atoms with Gasteiger partial charge in [0.2, 0.25) is 0 Å². The Balaban J connectivity index is 1.10. The molecule has 0 aliphatic carbocycles. The van der Waals surface area contributed by atoms with Crippen molar-refractivity contribution in [1.82, 2.24) is 19.1 Å². The molecule has 0 atom stereocenters. The highest BCUT2D eigenvalue weighted by molar-refractivity contribution is 7.26. The van der Waals surface area contributed by atoms with Crippen molar-refractivity contribution in [2.45, 2.75) is 0 Å². The predicted octanol–water partition coefficient (Wildman–Crippen LogP) is 14.2. The van der Waals surface area contributed by atoms with E-state index in [0.29, 0.717) is 0 Å². The second kappa shape index (κ2) is 11.6. The molecule has 0 saturated carbocycles. The second-order valence-electron chi connectivity index (χ2n) is 14.9. The van der Waals surface area contributed by atoms with Crippen LogP contribution in [0.25, 0.3) is 119 Å². The van der Waals surface area contributed by atoms with E-state index in [0.717, 1.165) is 39.1 Å². The monoisotopic (exact) mass is 742 g/mol. The Hall–Kier alpha value is -7.34. The van der Waals surface area contributed by atoms with Gasteiger partial charge in [-0.15, -0.1) is 11.3 Å². The standard InChI is InChI=1S/C52H30N4S/c1-2-15-33-31(13-1)27-28-46-49(33)38-19-5-9-24-44(38)55(46)45-25-11-14-32-29-47-41(30-40(32)45)34-16-4-8-23-43(34)56(47)52-37-18-3-7-22-42(37)53-51(54-52)39-21-12-20-36-35-17-6-10-26-48(35)57-50(36)39/h1-30H. The number of rotatable bonds is 3. The summed E-state index contributed by atoms with van der Waals surface area (Å²) in [7, 11) is 0. The van der Waals surface area contributed by atoms with Crippen molar-refractivity contribution in [2.24, 2.45) is 0 Å². The number of nitrogens with zero attached hydrogens (tertiary/aromatic N) is 4. The highest BCUT2D eigenvalue weighted by Crippen LogP contribution is 2.43. The molecule has 0 aliphatic heterocycles. The first-order chi connectivity index (χ1) is 28.3. The molecule has 4 aromatic heterocycles.